The molecule has 4 amide bonds. The first-order chi connectivity index (χ1) is 10.0. The first-order valence-corrected chi connectivity index (χ1v) is 8.24. The van der Waals surface area contributed by atoms with Crippen LogP contribution in [0.3, 0.4) is 0 Å². The van der Waals surface area contributed by atoms with E-state index >= 15 is 0 Å². The summed E-state index contributed by atoms with van der Waals surface area (Å²) in [6, 6.07) is -0.532. The zero-order chi connectivity index (χ0) is 15.0. The molecule has 2 aliphatic carbocycles. The molecule has 1 heterocycles. The molecule has 1 N–H and O–H groups in total. The standard InChI is InChI=1S/C16H24N2O3/c1-11-5-4-6-12(8-7-11)18-14(20)16(9-2-3-10-16)13(19)17-15(18)21/h11-12H,2-10H2,1H3,(H,17,19,21). The van der Waals surface area contributed by atoms with Gasteiger partial charge in [0.05, 0.1) is 0 Å². The summed E-state index contributed by atoms with van der Waals surface area (Å²) in [5, 5.41) is 2.45. The van der Waals surface area contributed by atoms with E-state index < -0.39 is 11.4 Å². The third kappa shape index (κ3) is 2.36. The van der Waals surface area contributed by atoms with Gasteiger partial charge < -0.3 is 0 Å². The number of nitrogens with one attached hydrogen (secondary N) is 1. The van der Waals surface area contributed by atoms with Crippen molar-refractivity contribution in [2.24, 2.45) is 11.3 Å². The number of rotatable bonds is 1. The van der Waals surface area contributed by atoms with Crippen LogP contribution in [0, 0.1) is 11.3 Å². The molecule has 1 aliphatic heterocycles. The van der Waals surface area contributed by atoms with Crippen molar-refractivity contribution in [1.29, 1.82) is 0 Å². The van der Waals surface area contributed by atoms with Crippen molar-refractivity contribution in [3.8, 4) is 0 Å². The van der Waals surface area contributed by atoms with E-state index in [1.165, 1.54) is 4.90 Å². The molecule has 0 aromatic carbocycles. The van der Waals surface area contributed by atoms with Gasteiger partial charge in [0, 0.05) is 6.04 Å². The zero-order valence-corrected chi connectivity index (χ0v) is 12.7. The topological polar surface area (TPSA) is 66.5 Å². The van der Waals surface area contributed by atoms with Gasteiger partial charge in [-0.15, -0.1) is 0 Å². The van der Waals surface area contributed by atoms with Gasteiger partial charge in [0.2, 0.25) is 11.8 Å². The molecule has 1 saturated heterocycles. The van der Waals surface area contributed by atoms with Crippen molar-refractivity contribution < 1.29 is 14.4 Å². The number of barbiturate groups is 1. The lowest BCUT2D eigenvalue weighted by Gasteiger charge is -2.40. The van der Waals surface area contributed by atoms with Crippen LogP contribution < -0.4 is 5.32 Å². The maximum atomic E-state index is 12.9. The van der Waals surface area contributed by atoms with Crippen LogP contribution >= 0.6 is 0 Å². The molecule has 2 atom stereocenters. The normalized spacial score (nSPS) is 33.2. The predicted octanol–water partition coefficient (Wildman–Crippen LogP) is 2.59. The Morgan fingerprint density at radius 2 is 1.71 bits per heavy atom. The molecule has 3 aliphatic rings. The Balaban J connectivity index is 1.84. The molecule has 3 fully saturated rings. The smallest absolute Gasteiger partial charge is 0.277 e. The number of urea groups is 1. The molecular weight excluding hydrogens is 268 g/mol. The van der Waals surface area contributed by atoms with E-state index in [-0.39, 0.29) is 17.9 Å². The van der Waals surface area contributed by atoms with Gasteiger partial charge in [-0.2, -0.15) is 0 Å². The highest BCUT2D eigenvalue weighted by atomic mass is 16.2. The van der Waals surface area contributed by atoms with Gasteiger partial charge in [-0.1, -0.05) is 32.6 Å². The molecule has 116 valence electrons. The number of hydrogen-bond acceptors (Lipinski definition) is 3. The lowest BCUT2D eigenvalue weighted by Crippen LogP contribution is -2.65. The second-order valence-electron chi connectivity index (χ2n) is 6.99. The third-order valence-electron chi connectivity index (χ3n) is 5.55. The molecule has 5 nitrogen and oxygen atoms in total. The minimum atomic E-state index is -0.953. The maximum Gasteiger partial charge on any atom is 0.331 e. The van der Waals surface area contributed by atoms with Gasteiger partial charge in [-0.05, 0) is 38.0 Å². The van der Waals surface area contributed by atoms with Gasteiger partial charge >= 0.3 is 6.03 Å². The Kier molecular flexibility index (Phi) is 3.76. The molecule has 1 spiro atoms. The van der Waals surface area contributed by atoms with Crippen molar-refractivity contribution >= 4 is 17.8 Å². The Bertz CT molecular complexity index is 468. The zero-order valence-electron chi connectivity index (χ0n) is 12.7. The summed E-state index contributed by atoms with van der Waals surface area (Å²) in [7, 11) is 0. The van der Waals surface area contributed by atoms with E-state index in [9.17, 15) is 14.4 Å². The largest absolute Gasteiger partial charge is 0.331 e. The van der Waals surface area contributed by atoms with Crippen molar-refractivity contribution in [1.82, 2.24) is 10.2 Å². The maximum absolute atomic E-state index is 12.9. The van der Waals surface area contributed by atoms with Gasteiger partial charge in [-0.25, -0.2) is 4.79 Å². The molecule has 21 heavy (non-hydrogen) atoms. The van der Waals surface area contributed by atoms with Crippen molar-refractivity contribution in [3.63, 3.8) is 0 Å². The Labute approximate surface area is 125 Å². The minimum absolute atomic E-state index is 0.0342. The van der Waals surface area contributed by atoms with E-state index in [1.54, 1.807) is 0 Å². The molecule has 5 heteroatoms. The fourth-order valence-corrected chi connectivity index (χ4v) is 4.17. The van der Waals surface area contributed by atoms with E-state index in [2.05, 4.69) is 12.2 Å². The van der Waals surface area contributed by atoms with Crippen molar-refractivity contribution in [3.05, 3.63) is 0 Å². The van der Waals surface area contributed by atoms with Gasteiger partial charge in [0.25, 0.3) is 0 Å². The van der Waals surface area contributed by atoms with Crippen LogP contribution in [0.5, 0.6) is 0 Å². The van der Waals surface area contributed by atoms with Gasteiger partial charge in [-0.3, -0.25) is 19.8 Å². The van der Waals surface area contributed by atoms with Crippen LogP contribution in [-0.4, -0.2) is 28.8 Å². The van der Waals surface area contributed by atoms with Crippen LogP contribution in [0.15, 0.2) is 0 Å². The lowest BCUT2D eigenvalue weighted by molar-refractivity contribution is -0.152. The van der Waals surface area contributed by atoms with E-state index in [0.29, 0.717) is 18.8 Å². The SMILES string of the molecule is CC1CCCC(N2C(=O)NC(=O)C3(CCCC3)C2=O)CC1. The van der Waals surface area contributed by atoms with E-state index in [4.69, 9.17) is 0 Å². The molecular formula is C16H24N2O3. The summed E-state index contributed by atoms with van der Waals surface area (Å²) >= 11 is 0. The summed E-state index contributed by atoms with van der Waals surface area (Å²) in [6.45, 7) is 2.22. The molecule has 0 radical (unpaired) electrons. The monoisotopic (exact) mass is 292 g/mol. The van der Waals surface area contributed by atoms with Crippen LogP contribution in [0.2, 0.25) is 0 Å². The second-order valence-corrected chi connectivity index (χ2v) is 6.99. The first-order valence-electron chi connectivity index (χ1n) is 8.24. The van der Waals surface area contributed by atoms with Crippen LogP contribution in [0.1, 0.15) is 64.7 Å². The number of amides is 4. The molecule has 0 aromatic rings. The summed E-state index contributed by atoms with van der Waals surface area (Å²) < 4.78 is 0. The number of carbonyl (C=O) groups excluding carboxylic acids is 3. The highest BCUT2D eigenvalue weighted by Gasteiger charge is 2.56. The van der Waals surface area contributed by atoms with E-state index in [1.807, 2.05) is 0 Å². The number of hydrogen-bond donors (Lipinski definition) is 1. The van der Waals surface area contributed by atoms with Crippen LogP contribution in [0.25, 0.3) is 0 Å². The first kappa shape index (κ1) is 14.5. The number of imide groups is 2. The Morgan fingerprint density at radius 3 is 2.43 bits per heavy atom. The average Bonchev–Trinajstić information content (AvgIpc) is 2.84. The summed E-state index contributed by atoms with van der Waals surface area (Å²) in [6.07, 6.45) is 7.94. The Morgan fingerprint density at radius 1 is 1.00 bits per heavy atom. The van der Waals surface area contributed by atoms with E-state index in [0.717, 1.165) is 44.9 Å². The van der Waals surface area contributed by atoms with Crippen molar-refractivity contribution in [2.45, 2.75) is 70.8 Å². The minimum Gasteiger partial charge on any atom is -0.277 e. The molecule has 2 unspecified atom stereocenters. The molecule has 0 aromatic heterocycles. The average molecular weight is 292 g/mol. The fourth-order valence-electron chi connectivity index (χ4n) is 4.17. The van der Waals surface area contributed by atoms with Crippen LogP contribution in [0.4, 0.5) is 4.79 Å². The lowest BCUT2D eigenvalue weighted by atomic mass is 9.81. The van der Waals surface area contributed by atoms with Crippen molar-refractivity contribution in [2.75, 3.05) is 0 Å². The summed E-state index contributed by atoms with van der Waals surface area (Å²) in [5.74, 6) is 0.0570. The Hall–Kier alpha value is -1.39. The highest BCUT2D eigenvalue weighted by molar-refractivity contribution is 6.19. The van der Waals surface area contributed by atoms with Crippen LogP contribution in [-0.2, 0) is 9.59 Å². The molecule has 0 bridgehead atoms. The fraction of sp³-hybridized carbons (Fsp3) is 0.812. The van der Waals surface area contributed by atoms with Gasteiger partial charge in [0.1, 0.15) is 5.41 Å². The molecule has 3 rings (SSSR count). The second kappa shape index (κ2) is 5.43. The summed E-state index contributed by atoms with van der Waals surface area (Å²) in [5.41, 5.74) is -0.953. The number of carbonyl (C=O) groups is 3. The quantitative estimate of drug-likeness (QED) is 0.596. The number of nitrogens with zero attached hydrogens (tertiary/aromatic N) is 1. The highest BCUT2D eigenvalue weighted by Crippen LogP contribution is 2.43. The molecule has 2 saturated carbocycles. The predicted molar refractivity (Wildman–Crippen MR) is 77.3 cm³/mol. The third-order valence-corrected chi connectivity index (χ3v) is 5.55. The summed E-state index contributed by atoms with van der Waals surface area (Å²) in [4.78, 5) is 38.7. The van der Waals surface area contributed by atoms with Gasteiger partial charge in [0.15, 0.2) is 0 Å².